The van der Waals surface area contributed by atoms with E-state index in [0.29, 0.717) is 0 Å². The zero-order valence-corrected chi connectivity index (χ0v) is 10.8. The molecule has 0 aliphatic carbocycles. The van der Waals surface area contributed by atoms with Crippen LogP contribution in [-0.2, 0) is 23.5 Å². The van der Waals surface area contributed by atoms with Gasteiger partial charge in [0.05, 0.1) is 5.60 Å². The molecule has 2 rings (SSSR count). The fourth-order valence-electron chi connectivity index (χ4n) is 1.35. The molecule has 0 aromatic heterocycles. The maximum Gasteiger partial charge on any atom is 2.00 e. The topological polar surface area (TPSA) is 20.2 Å². The molecule has 0 amide bonds. The van der Waals surface area contributed by atoms with Gasteiger partial charge in [0.2, 0.25) is 0 Å². The van der Waals surface area contributed by atoms with Gasteiger partial charge in [0, 0.05) is 0 Å². The van der Waals surface area contributed by atoms with E-state index in [9.17, 15) is 5.11 Å². The Labute approximate surface area is 108 Å². The Morgan fingerprint density at radius 2 is 1.75 bits per heavy atom. The first-order valence-corrected chi connectivity index (χ1v) is 5.17. The van der Waals surface area contributed by atoms with Crippen molar-refractivity contribution in [2.45, 2.75) is 25.9 Å². The van der Waals surface area contributed by atoms with Crippen LogP contribution in [-0.4, -0.2) is 10.7 Å². The maximum atomic E-state index is 9.39. The summed E-state index contributed by atoms with van der Waals surface area (Å²) in [6, 6.07) is 18.0. The van der Waals surface area contributed by atoms with Crippen LogP contribution < -0.4 is 0 Å². The van der Waals surface area contributed by atoms with Gasteiger partial charge in [-0.15, -0.1) is 0 Å². The molecule has 0 radical (unpaired) electrons. The van der Waals surface area contributed by atoms with Crippen molar-refractivity contribution in [2.75, 3.05) is 0 Å². The van der Waals surface area contributed by atoms with Crippen LogP contribution in [0, 0.1) is 0 Å². The number of hydrogen-bond acceptors (Lipinski definition) is 1. The summed E-state index contributed by atoms with van der Waals surface area (Å²) < 4.78 is 0. The van der Waals surface area contributed by atoms with Crippen molar-refractivity contribution >= 4 is 0 Å². The molecule has 0 atom stereocenters. The Balaban J connectivity index is 0.000000318. The summed E-state index contributed by atoms with van der Waals surface area (Å²) in [4.78, 5) is 0. The van der Waals surface area contributed by atoms with Crippen LogP contribution in [0.15, 0.2) is 54.6 Å². The second-order valence-corrected chi connectivity index (χ2v) is 4.24. The van der Waals surface area contributed by atoms with E-state index in [0.717, 1.165) is 6.42 Å². The Hall–Kier alpha value is -0.821. The predicted octanol–water partition coefficient (Wildman–Crippen LogP) is 3.12. The molecule has 0 spiro atoms. The number of aliphatic hydroxyl groups is 1. The summed E-state index contributed by atoms with van der Waals surface area (Å²) in [5.74, 6) is 0. The Bertz CT molecular complexity index is 310. The minimum atomic E-state index is -0.575. The molecule has 16 heavy (non-hydrogen) atoms. The molecule has 0 aliphatic heterocycles. The van der Waals surface area contributed by atoms with E-state index in [-0.39, 0.29) is 17.1 Å². The van der Waals surface area contributed by atoms with Crippen LogP contribution in [0.25, 0.3) is 0 Å². The molecular weight excluding hydrogens is 240 g/mol. The quantitative estimate of drug-likeness (QED) is 0.648. The van der Waals surface area contributed by atoms with Gasteiger partial charge in [0.25, 0.3) is 0 Å². The van der Waals surface area contributed by atoms with Gasteiger partial charge in [-0.2, -0.15) is 42.0 Å². The number of hydrogen-bond donors (Lipinski definition) is 1. The Morgan fingerprint density at radius 1 is 1.12 bits per heavy atom. The molecule has 0 saturated carbocycles. The molecule has 0 heterocycles. The van der Waals surface area contributed by atoms with Crippen LogP contribution in [0.3, 0.4) is 0 Å². The van der Waals surface area contributed by atoms with Gasteiger partial charge in [-0.25, -0.2) is 18.2 Å². The predicted molar refractivity (Wildman–Crippen MR) is 64.1 cm³/mol. The first kappa shape index (κ1) is 15.2. The Kier molecular flexibility index (Phi) is 7.07. The first-order chi connectivity index (χ1) is 7.08. The molecule has 2 aromatic carbocycles. The van der Waals surface area contributed by atoms with E-state index in [2.05, 4.69) is 0 Å². The maximum absolute atomic E-state index is 9.39. The molecule has 0 bridgehead atoms. The largest absolute Gasteiger partial charge is 2.00 e. The third-order valence-electron chi connectivity index (χ3n) is 1.92. The fourth-order valence-corrected chi connectivity index (χ4v) is 1.35. The summed E-state index contributed by atoms with van der Waals surface area (Å²) in [5, 5.41) is 9.39. The molecule has 2 aromatic rings. The van der Waals surface area contributed by atoms with Crippen LogP contribution in [0.2, 0.25) is 0 Å². The third-order valence-corrected chi connectivity index (χ3v) is 1.92. The van der Waals surface area contributed by atoms with Crippen LogP contribution in [0.4, 0.5) is 0 Å². The monoisotopic (exact) mass is 258 g/mol. The molecule has 1 N–H and O–H groups in total. The van der Waals surface area contributed by atoms with E-state index in [4.69, 9.17) is 0 Å². The summed E-state index contributed by atoms with van der Waals surface area (Å²) in [6.07, 6.45) is 0.736. The van der Waals surface area contributed by atoms with Gasteiger partial charge in [0.1, 0.15) is 0 Å². The third kappa shape index (κ3) is 7.47. The van der Waals surface area contributed by atoms with Crippen molar-refractivity contribution in [3.8, 4) is 0 Å². The van der Waals surface area contributed by atoms with E-state index >= 15 is 0 Å². The van der Waals surface area contributed by atoms with Gasteiger partial charge in [-0.3, -0.25) is 0 Å². The van der Waals surface area contributed by atoms with E-state index in [1.165, 1.54) is 5.56 Å². The smallest absolute Gasteiger partial charge is 0.391 e. The minimum Gasteiger partial charge on any atom is -0.391 e. The second kappa shape index (κ2) is 7.45. The van der Waals surface area contributed by atoms with Gasteiger partial charge < -0.3 is 5.11 Å². The second-order valence-electron chi connectivity index (χ2n) is 4.24. The SMILES string of the molecule is CC(C)(O)Cc1cc[cH-]c1.[Fe+2].c1cc[cH-]c1. The normalized spacial score (nSPS) is 9.94. The Morgan fingerprint density at radius 3 is 2.06 bits per heavy atom. The van der Waals surface area contributed by atoms with Crippen LogP contribution in [0.1, 0.15) is 19.4 Å². The molecule has 0 unspecified atom stereocenters. The van der Waals surface area contributed by atoms with Gasteiger partial charge in [-0.05, 0) is 13.8 Å². The molecule has 1 nitrogen and oxygen atoms in total. The van der Waals surface area contributed by atoms with Gasteiger partial charge >= 0.3 is 17.1 Å². The zero-order valence-electron chi connectivity index (χ0n) is 9.70. The van der Waals surface area contributed by atoms with Crippen molar-refractivity contribution < 1.29 is 22.2 Å². The first-order valence-electron chi connectivity index (χ1n) is 5.17. The van der Waals surface area contributed by atoms with Gasteiger partial charge in [-0.1, -0.05) is 6.42 Å². The zero-order chi connectivity index (χ0) is 11.1. The van der Waals surface area contributed by atoms with Crippen molar-refractivity contribution in [3.05, 3.63) is 60.2 Å². The van der Waals surface area contributed by atoms with Crippen molar-refractivity contribution in [1.29, 1.82) is 0 Å². The minimum absolute atomic E-state index is 0. The van der Waals surface area contributed by atoms with Crippen molar-refractivity contribution in [1.82, 2.24) is 0 Å². The molecule has 0 fully saturated rings. The van der Waals surface area contributed by atoms with Gasteiger partial charge in [0.15, 0.2) is 0 Å². The van der Waals surface area contributed by atoms with Crippen LogP contribution in [0.5, 0.6) is 0 Å². The summed E-state index contributed by atoms with van der Waals surface area (Å²) in [7, 11) is 0. The van der Waals surface area contributed by atoms with E-state index in [1.807, 2.05) is 68.4 Å². The van der Waals surface area contributed by atoms with E-state index in [1.54, 1.807) is 0 Å². The standard InChI is InChI=1S/C9H13O.C5H5.Fe/c1-9(2,10)7-8-5-3-4-6-8;1-2-4-5-3-1;/h3-6,10H,7H2,1-2H3;1-5H;/q2*-1;+2. The molecule has 88 valence electrons. The molecule has 2 heteroatoms. The molecular formula is C14H18FeO. The average molecular weight is 258 g/mol. The van der Waals surface area contributed by atoms with Crippen LogP contribution >= 0.6 is 0 Å². The average Bonchev–Trinajstić information content (AvgIpc) is 2.71. The van der Waals surface area contributed by atoms with E-state index < -0.39 is 5.60 Å². The molecule has 0 aliphatic rings. The number of rotatable bonds is 2. The van der Waals surface area contributed by atoms with Crippen molar-refractivity contribution in [3.63, 3.8) is 0 Å². The summed E-state index contributed by atoms with van der Waals surface area (Å²) >= 11 is 0. The molecule has 0 saturated heterocycles. The summed E-state index contributed by atoms with van der Waals surface area (Å²) in [5.41, 5.74) is 0.626. The fraction of sp³-hybridized carbons (Fsp3) is 0.286. The van der Waals surface area contributed by atoms with Crippen molar-refractivity contribution in [2.24, 2.45) is 0 Å². The summed E-state index contributed by atoms with van der Waals surface area (Å²) in [6.45, 7) is 3.64.